The zero-order valence-electron chi connectivity index (χ0n) is 13.1. The summed E-state index contributed by atoms with van der Waals surface area (Å²) >= 11 is 0. The Morgan fingerprint density at radius 1 is 1.30 bits per heavy atom. The van der Waals surface area contributed by atoms with E-state index in [1.54, 1.807) is 7.11 Å². The van der Waals surface area contributed by atoms with Crippen molar-refractivity contribution < 1.29 is 4.74 Å². The fourth-order valence-corrected chi connectivity index (χ4v) is 3.27. The molecule has 0 N–H and O–H groups in total. The van der Waals surface area contributed by atoms with Crippen molar-refractivity contribution in [1.29, 1.82) is 5.26 Å². The summed E-state index contributed by atoms with van der Waals surface area (Å²) in [6, 6.07) is 6.50. The average Bonchev–Trinajstić information content (AvgIpc) is 2.35. The van der Waals surface area contributed by atoms with Crippen LogP contribution in [0.25, 0.3) is 5.57 Å². The van der Waals surface area contributed by atoms with Crippen LogP contribution in [0, 0.1) is 11.3 Å². The summed E-state index contributed by atoms with van der Waals surface area (Å²) in [6.45, 7) is 10.9. The number of nitriles is 1. The minimum absolute atomic E-state index is 0.0512. The van der Waals surface area contributed by atoms with E-state index in [1.807, 2.05) is 12.1 Å². The van der Waals surface area contributed by atoms with Crippen LogP contribution < -0.4 is 9.64 Å². The summed E-state index contributed by atoms with van der Waals surface area (Å²) in [7, 11) is 1.61. The standard InChI is InChI=1S/C17H22N2O/c1-11(2)19-15-8-16(20-6)13(10-18)7-14(15)12(3)9-17(19,4)5/h7-9,11H,1-6H3. The van der Waals surface area contributed by atoms with Gasteiger partial charge in [0, 0.05) is 23.4 Å². The van der Waals surface area contributed by atoms with Gasteiger partial charge in [0.05, 0.1) is 18.2 Å². The minimum atomic E-state index is -0.0512. The van der Waals surface area contributed by atoms with Crippen LogP contribution in [0.3, 0.4) is 0 Å². The number of hydrogen-bond acceptors (Lipinski definition) is 3. The maximum absolute atomic E-state index is 9.25. The van der Waals surface area contributed by atoms with Crippen LogP contribution in [-0.2, 0) is 0 Å². The molecule has 0 radical (unpaired) electrons. The van der Waals surface area contributed by atoms with E-state index in [0.717, 1.165) is 11.3 Å². The lowest BCUT2D eigenvalue weighted by atomic mass is 9.86. The Morgan fingerprint density at radius 3 is 2.45 bits per heavy atom. The van der Waals surface area contributed by atoms with Crippen molar-refractivity contribution in [2.45, 2.75) is 46.2 Å². The molecule has 1 heterocycles. The number of anilines is 1. The Hall–Kier alpha value is -1.95. The average molecular weight is 270 g/mol. The van der Waals surface area contributed by atoms with E-state index >= 15 is 0 Å². The number of nitrogens with zero attached hydrogens (tertiary/aromatic N) is 2. The van der Waals surface area contributed by atoms with Crippen LogP contribution in [0.2, 0.25) is 0 Å². The van der Waals surface area contributed by atoms with E-state index in [2.05, 4.69) is 51.7 Å². The molecule has 3 nitrogen and oxygen atoms in total. The molecule has 0 saturated carbocycles. The Bertz CT molecular complexity index is 606. The van der Waals surface area contributed by atoms with Gasteiger partial charge >= 0.3 is 0 Å². The molecule has 1 aliphatic rings. The molecule has 0 aliphatic carbocycles. The lowest BCUT2D eigenvalue weighted by Crippen LogP contribution is -2.49. The van der Waals surface area contributed by atoms with Crippen molar-refractivity contribution in [2.75, 3.05) is 12.0 Å². The van der Waals surface area contributed by atoms with Crippen molar-refractivity contribution in [3.63, 3.8) is 0 Å². The number of ether oxygens (including phenoxy) is 1. The first-order valence-electron chi connectivity index (χ1n) is 6.93. The maximum Gasteiger partial charge on any atom is 0.138 e. The first kappa shape index (κ1) is 14.5. The van der Waals surface area contributed by atoms with Gasteiger partial charge in [0.25, 0.3) is 0 Å². The third kappa shape index (κ3) is 2.16. The molecule has 106 valence electrons. The molecule has 1 aliphatic heterocycles. The molecule has 0 fully saturated rings. The number of benzene rings is 1. The molecule has 0 aromatic heterocycles. The predicted octanol–water partition coefficient (Wildman–Crippen LogP) is 3.98. The number of methoxy groups -OCH3 is 1. The lowest BCUT2D eigenvalue weighted by Gasteiger charge is -2.46. The van der Waals surface area contributed by atoms with Crippen molar-refractivity contribution >= 4 is 11.3 Å². The maximum atomic E-state index is 9.25. The molecule has 0 spiro atoms. The smallest absolute Gasteiger partial charge is 0.138 e. The van der Waals surface area contributed by atoms with Crippen molar-refractivity contribution in [3.8, 4) is 11.8 Å². The Labute approximate surface area is 121 Å². The summed E-state index contributed by atoms with van der Waals surface area (Å²) in [5.74, 6) is 0.641. The highest BCUT2D eigenvalue weighted by Crippen LogP contribution is 2.42. The molecule has 3 heteroatoms. The molecule has 0 unspecified atom stereocenters. The van der Waals surface area contributed by atoms with Gasteiger partial charge in [-0.1, -0.05) is 6.08 Å². The van der Waals surface area contributed by atoms with Gasteiger partial charge in [-0.05, 0) is 46.3 Å². The summed E-state index contributed by atoms with van der Waals surface area (Å²) in [5.41, 5.74) is 4.00. The Morgan fingerprint density at radius 2 is 1.95 bits per heavy atom. The first-order valence-corrected chi connectivity index (χ1v) is 6.93. The normalized spacial score (nSPS) is 16.5. The van der Waals surface area contributed by atoms with E-state index in [1.165, 1.54) is 5.57 Å². The van der Waals surface area contributed by atoms with E-state index in [4.69, 9.17) is 4.74 Å². The predicted molar refractivity (Wildman–Crippen MR) is 83.1 cm³/mol. The Balaban J connectivity index is 2.74. The van der Waals surface area contributed by atoms with Crippen LogP contribution in [0.15, 0.2) is 18.2 Å². The molecular weight excluding hydrogens is 248 g/mol. The zero-order valence-corrected chi connectivity index (χ0v) is 13.1. The van der Waals surface area contributed by atoms with E-state index < -0.39 is 0 Å². The third-order valence-corrected chi connectivity index (χ3v) is 3.83. The summed E-state index contributed by atoms with van der Waals surface area (Å²) in [6.07, 6.45) is 2.27. The molecule has 20 heavy (non-hydrogen) atoms. The Kier molecular flexibility index (Phi) is 3.52. The van der Waals surface area contributed by atoms with Gasteiger partial charge < -0.3 is 9.64 Å². The SMILES string of the molecule is COc1cc2c(cc1C#N)C(C)=CC(C)(C)N2C(C)C. The highest BCUT2D eigenvalue weighted by Gasteiger charge is 2.33. The fraction of sp³-hybridized carbons (Fsp3) is 0.471. The molecule has 2 rings (SSSR count). The highest BCUT2D eigenvalue weighted by molar-refractivity contribution is 5.83. The summed E-state index contributed by atoms with van der Waals surface area (Å²) in [4.78, 5) is 2.37. The monoisotopic (exact) mass is 270 g/mol. The second-order valence-electron chi connectivity index (χ2n) is 6.13. The quantitative estimate of drug-likeness (QED) is 0.815. The van der Waals surface area contributed by atoms with Gasteiger partial charge in [-0.15, -0.1) is 0 Å². The fourth-order valence-electron chi connectivity index (χ4n) is 3.27. The molecule has 0 saturated heterocycles. The zero-order chi connectivity index (χ0) is 15.1. The van der Waals surface area contributed by atoms with Crippen molar-refractivity contribution in [3.05, 3.63) is 29.3 Å². The van der Waals surface area contributed by atoms with Crippen LogP contribution in [0.4, 0.5) is 5.69 Å². The summed E-state index contributed by atoms with van der Waals surface area (Å²) in [5, 5.41) is 9.25. The molecule has 1 aromatic carbocycles. The van der Waals surface area contributed by atoms with E-state index in [0.29, 0.717) is 17.4 Å². The first-order chi connectivity index (χ1) is 9.31. The molecule has 1 aromatic rings. The van der Waals surface area contributed by atoms with E-state index in [-0.39, 0.29) is 5.54 Å². The molecule has 0 bridgehead atoms. The van der Waals surface area contributed by atoms with Crippen LogP contribution in [0.5, 0.6) is 5.75 Å². The largest absolute Gasteiger partial charge is 0.495 e. The van der Waals surface area contributed by atoms with Crippen molar-refractivity contribution in [1.82, 2.24) is 0 Å². The minimum Gasteiger partial charge on any atom is -0.495 e. The van der Waals surface area contributed by atoms with E-state index in [9.17, 15) is 5.26 Å². The molecule has 0 amide bonds. The number of allylic oxidation sites excluding steroid dienone is 1. The second-order valence-corrected chi connectivity index (χ2v) is 6.13. The van der Waals surface area contributed by atoms with Crippen molar-refractivity contribution in [2.24, 2.45) is 0 Å². The summed E-state index contributed by atoms with van der Waals surface area (Å²) < 4.78 is 5.37. The van der Waals surface area contributed by atoms with Gasteiger partial charge in [-0.3, -0.25) is 0 Å². The van der Waals surface area contributed by atoms with Crippen LogP contribution in [0.1, 0.15) is 45.7 Å². The van der Waals surface area contributed by atoms with Gasteiger partial charge in [0.1, 0.15) is 11.8 Å². The van der Waals surface area contributed by atoms with Crippen LogP contribution in [-0.4, -0.2) is 18.7 Å². The topological polar surface area (TPSA) is 36.3 Å². The number of rotatable bonds is 2. The van der Waals surface area contributed by atoms with Gasteiger partial charge in [-0.25, -0.2) is 0 Å². The van der Waals surface area contributed by atoms with Gasteiger partial charge in [-0.2, -0.15) is 5.26 Å². The molecule has 0 atom stereocenters. The lowest BCUT2D eigenvalue weighted by molar-refractivity contribution is 0.412. The number of hydrogen-bond donors (Lipinski definition) is 0. The van der Waals surface area contributed by atoms with Crippen LogP contribution >= 0.6 is 0 Å². The third-order valence-electron chi connectivity index (χ3n) is 3.83. The van der Waals surface area contributed by atoms with Gasteiger partial charge in [0.15, 0.2) is 0 Å². The highest BCUT2D eigenvalue weighted by atomic mass is 16.5. The van der Waals surface area contributed by atoms with Gasteiger partial charge in [0.2, 0.25) is 0 Å². The number of fused-ring (bicyclic) bond motifs is 1. The second kappa shape index (κ2) is 4.86. The molecular formula is C17H22N2O.